The third-order valence-electron chi connectivity index (χ3n) is 3.80. The number of nitrogens with two attached hydrogens (primary N) is 1. The molecule has 0 aliphatic carbocycles. The first-order chi connectivity index (χ1) is 13.6. The number of anilines is 1. The van der Waals surface area contributed by atoms with Crippen LogP contribution in [0.1, 0.15) is 18.4 Å². The summed E-state index contributed by atoms with van der Waals surface area (Å²) in [5.41, 5.74) is 6.20. The molecule has 2 aromatic rings. The summed E-state index contributed by atoms with van der Waals surface area (Å²) in [5, 5.41) is 12.1. The number of rotatable bonds is 8. The molecular formula is C18H19ClN2O7S. The van der Waals surface area contributed by atoms with Gasteiger partial charge in [-0.25, -0.2) is 0 Å². The third-order valence-corrected chi connectivity index (χ3v) is 4.89. The molecule has 156 valence electrons. The lowest BCUT2D eigenvalue weighted by Gasteiger charge is -2.13. The van der Waals surface area contributed by atoms with E-state index in [-0.39, 0.29) is 30.2 Å². The van der Waals surface area contributed by atoms with Gasteiger partial charge in [-0.1, -0.05) is 41.9 Å². The molecule has 29 heavy (non-hydrogen) atoms. The van der Waals surface area contributed by atoms with Crippen LogP contribution in [0.25, 0.3) is 0 Å². The zero-order valence-corrected chi connectivity index (χ0v) is 16.6. The van der Waals surface area contributed by atoms with Gasteiger partial charge in [0.05, 0.1) is 5.69 Å². The molecule has 2 rings (SSSR count). The van der Waals surface area contributed by atoms with Crippen LogP contribution in [0.3, 0.4) is 0 Å². The van der Waals surface area contributed by atoms with Crippen LogP contribution in [0.4, 0.5) is 5.69 Å². The predicted molar refractivity (Wildman–Crippen MR) is 105 cm³/mol. The smallest absolute Gasteiger partial charge is 0.323 e. The van der Waals surface area contributed by atoms with Crippen molar-refractivity contribution in [3.05, 3.63) is 53.1 Å². The van der Waals surface area contributed by atoms with Crippen molar-refractivity contribution >= 4 is 39.3 Å². The number of aromatic hydroxyl groups is 1. The maximum Gasteiger partial charge on any atom is 0.323 e. The number of halogens is 1. The van der Waals surface area contributed by atoms with Gasteiger partial charge in [0.15, 0.2) is 5.75 Å². The van der Waals surface area contributed by atoms with Gasteiger partial charge in [-0.05, 0) is 24.1 Å². The second-order valence-corrected chi connectivity index (χ2v) is 7.89. The van der Waals surface area contributed by atoms with Crippen molar-refractivity contribution in [2.45, 2.75) is 30.4 Å². The Morgan fingerprint density at radius 1 is 1.21 bits per heavy atom. The Hall–Kier alpha value is -2.66. The van der Waals surface area contributed by atoms with E-state index >= 15 is 0 Å². The van der Waals surface area contributed by atoms with E-state index in [2.05, 4.69) is 5.32 Å². The van der Waals surface area contributed by atoms with E-state index in [0.29, 0.717) is 0 Å². The first-order valence-electron chi connectivity index (χ1n) is 8.34. The highest BCUT2D eigenvalue weighted by Crippen LogP contribution is 2.34. The summed E-state index contributed by atoms with van der Waals surface area (Å²) in [4.78, 5) is 23.1. The standard InChI is InChI=1S/C18H19ClN2O7S/c19-12-8-14(17(23)15(9-12)29(25,26)27)21-16(22)7-6-13(20)18(24)28-10-11-4-2-1-3-5-11/h1-5,8-9,13,23H,6-7,10,20H2,(H,21,22)(H,25,26,27)/t13-/m0/s1. The molecule has 5 N–H and O–H groups in total. The number of phenolic OH excluding ortho intramolecular Hbond substituents is 1. The van der Waals surface area contributed by atoms with Gasteiger partial charge >= 0.3 is 5.97 Å². The number of esters is 1. The second kappa shape index (κ2) is 9.70. The van der Waals surface area contributed by atoms with Gasteiger partial charge in [0, 0.05) is 11.4 Å². The van der Waals surface area contributed by atoms with E-state index in [0.717, 1.165) is 17.7 Å². The molecule has 0 radical (unpaired) electrons. The molecule has 9 nitrogen and oxygen atoms in total. The molecule has 2 aromatic carbocycles. The second-order valence-electron chi connectivity index (χ2n) is 6.06. The SMILES string of the molecule is N[C@@H](CCC(=O)Nc1cc(Cl)cc(S(=O)(=O)O)c1O)C(=O)OCc1ccccc1. The molecule has 0 spiro atoms. The molecule has 1 atom stereocenters. The van der Waals surface area contributed by atoms with E-state index in [9.17, 15) is 23.1 Å². The number of phenols is 1. The molecule has 0 unspecified atom stereocenters. The summed E-state index contributed by atoms with van der Waals surface area (Å²) in [6.45, 7) is 0.0500. The maximum atomic E-state index is 12.1. The lowest BCUT2D eigenvalue weighted by atomic mass is 10.1. The molecule has 0 aromatic heterocycles. The Morgan fingerprint density at radius 3 is 2.48 bits per heavy atom. The Kier molecular flexibility index (Phi) is 7.57. The number of benzene rings is 2. The van der Waals surface area contributed by atoms with E-state index < -0.39 is 38.7 Å². The van der Waals surface area contributed by atoms with Gasteiger partial charge in [0.1, 0.15) is 17.5 Å². The van der Waals surface area contributed by atoms with Crippen LogP contribution >= 0.6 is 11.6 Å². The number of nitrogens with one attached hydrogen (secondary N) is 1. The summed E-state index contributed by atoms with van der Waals surface area (Å²) in [6.07, 6.45) is -0.263. The molecule has 0 saturated heterocycles. The third kappa shape index (κ3) is 6.71. The fourth-order valence-electron chi connectivity index (χ4n) is 2.32. The van der Waals surface area contributed by atoms with Crippen LogP contribution in [0.2, 0.25) is 5.02 Å². The average Bonchev–Trinajstić information content (AvgIpc) is 2.66. The van der Waals surface area contributed by atoms with Crippen LogP contribution in [-0.4, -0.2) is 36.0 Å². The van der Waals surface area contributed by atoms with Crippen molar-refractivity contribution in [1.82, 2.24) is 0 Å². The number of hydrogen-bond acceptors (Lipinski definition) is 7. The van der Waals surface area contributed by atoms with Gasteiger partial charge < -0.3 is 20.9 Å². The molecular weight excluding hydrogens is 424 g/mol. The Bertz CT molecular complexity index is 997. The first-order valence-corrected chi connectivity index (χ1v) is 10.2. The van der Waals surface area contributed by atoms with E-state index in [1.807, 2.05) is 6.07 Å². The molecule has 0 bridgehead atoms. The number of amides is 1. The fraction of sp³-hybridized carbons (Fsp3) is 0.222. The quantitative estimate of drug-likeness (QED) is 0.275. The summed E-state index contributed by atoms with van der Waals surface area (Å²) >= 11 is 5.75. The maximum absolute atomic E-state index is 12.1. The minimum absolute atomic E-state index is 0.0497. The highest BCUT2D eigenvalue weighted by Gasteiger charge is 2.22. The topological polar surface area (TPSA) is 156 Å². The number of carbonyl (C=O) groups is 2. The Labute approximate surface area is 172 Å². The van der Waals surface area contributed by atoms with E-state index in [4.69, 9.17) is 26.6 Å². The summed E-state index contributed by atoms with van der Waals surface area (Å²) in [5.74, 6) is -2.20. The van der Waals surface area contributed by atoms with Gasteiger partial charge in [0.25, 0.3) is 10.1 Å². The van der Waals surface area contributed by atoms with Crippen LogP contribution in [0.15, 0.2) is 47.4 Å². The molecule has 1 amide bonds. The molecule has 0 heterocycles. The lowest BCUT2D eigenvalue weighted by Crippen LogP contribution is -2.33. The first kappa shape index (κ1) is 22.6. The molecule has 0 saturated carbocycles. The fourth-order valence-corrected chi connectivity index (χ4v) is 3.23. The Balaban J connectivity index is 1.91. The van der Waals surface area contributed by atoms with E-state index in [1.165, 1.54) is 0 Å². The highest BCUT2D eigenvalue weighted by molar-refractivity contribution is 7.86. The molecule has 11 heteroatoms. The molecule has 0 fully saturated rings. The summed E-state index contributed by atoms with van der Waals surface area (Å²) in [6, 6.07) is 9.88. The van der Waals surface area contributed by atoms with Gasteiger partial charge in [0.2, 0.25) is 5.91 Å². The van der Waals surface area contributed by atoms with E-state index in [1.54, 1.807) is 24.3 Å². The predicted octanol–water partition coefficient (Wildman–Crippen LogP) is 2.08. The average molecular weight is 443 g/mol. The van der Waals surface area contributed by atoms with Gasteiger partial charge in [-0.3, -0.25) is 14.1 Å². The largest absolute Gasteiger partial charge is 0.504 e. The molecule has 0 aliphatic heterocycles. The number of carbonyl (C=O) groups excluding carboxylic acids is 2. The number of ether oxygens (including phenoxy) is 1. The van der Waals surface area contributed by atoms with Crippen LogP contribution in [0.5, 0.6) is 5.75 Å². The monoisotopic (exact) mass is 442 g/mol. The van der Waals surface area contributed by atoms with Crippen molar-refractivity contribution in [1.29, 1.82) is 0 Å². The van der Waals surface area contributed by atoms with Crippen molar-refractivity contribution < 1.29 is 32.4 Å². The lowest BCUT2D eigenvalue weighted by molar-refractivity contribution is -0.146. The van der Waals surface area contributed by atoms with Crippen molar-refractivity contribution in [3.63, 3.8) is 0 Å². The normalized spacial score (nSPS) is 12.2. The van der Waals surface area contributed by atoms with Crippen LogP contribution < -0.4 is 11.1 Å². The van der Waals surface area contributed by atoms with Crippen molar-refractivity contribution in [3.8, 4) is 5.75 Å². The summed E-state index contributed by atoms with van der Waals surface area (Å²) in [7, 11) is -4.75. The number of hydrogen-bond donors (Lipinski definition) is 4. The minimum Gasteiger partial charge on any atom is -0.504 e. The van der Waals surface area contributed by atoms with Crippen LogP contribution in [0, 0.1) is 0 Å². The van der Waals surface area contributed by atoms with Gasteiger partial charge in [-0.2, -0.15) is 8.42 Å². The minimum atomic E-state index is -4.75. The zero-order chi connectivity index (χ0) is 21.6. The van der Waals surface area contributed by atoms with Crippen molar-refractivity contribution in [2.75, 3.05) is 5.32 Å². The zero-order valence-electron chi connectivity index (χ0n) is 15.0. The summed E-state index contributed by atoms with van der Waals surface area (Å²) < 4.78 is 36.7. The van der Waals surface area contributed by atoms with Crippen molar-refractivity contribution in [2.24, 2.45) is 5.73 Å². The van der Waals surface area contributed by atoms with Gasteiger partial charge in [-0.15, -0.1) is 0 Å². The molecule has 0 aliphatic rings. The van der Waals surface area contributed by atoms with Crippen LogP contribution in [-0.2, 0) is 31.1 Å². The highest BCUT2D eigenvalue weighted by atomic mass is 35.5. The Morgan fingerprint density at radius 2 is 1.86 bits per heavy atom.